The third-order valence-electron chi connectivity index (χ3n) is 5.67. The zero-order valence-electron chi connectivity index (χ0n) is 15.3. The third-order valence-corrected chi connectivity index (χ3v) is 5.96. The lowest BCUT2D eigenvalue weighted by molar-refractivity contribution is 0.137. The van der Waals surface area contributed by atoms with Gasteiger partial charge in [-0.1, -0.05) is 17.7 Å². The Hall–Kier alpha value is -1.72. The predicted molar refractivity (Wildman–Crippen MR) is 102 cm³/mol. The van der Waals surface area contributed by atoms with Crippen molar-refractivity contribution < 1.29 is 4.39 Å². The number of anilines is 1. The van der Waals surface area contributed by atoms with Gasteiger partial charge in [0.05, 0.1) is 10.7 Å². The first kappa shape index (κ1) is 17.7. The van der Waals surface area contributed by atoms with Crippen LogP contribution in [-0.4, -0.2) is 42.1 Å². The molecule has 1 aliphatic heterocycles. The highest BCUT2D eigenvalue weighted by Gasteiger charge is 2.43. The number of aromatic nitrogens is 2. The van der Waals surface area contributed by atoms with Crippen LogP contribution in [-0.2, 0) is 18.4 Å². The highest BCUT2D eigenvalue weighted by atomic mass is 35.5. The van der Waals surface area contributed by atoms with Gasteiger partial charge in [-0.2, -0.15) is 0 Å². The van der Waals surface area contributed by atoms with Crippen molar-refractivity contribution >= 4 is 17.5 Å². The van der Waals surface area contributed by atoms with Gasteiger partial charge in [0.15, 0.2) is 0 Å². The highest BCUT2D eigenvalue weighted by molar-refractivity contribution is 6.30. The standard InChI is InChI=1S/C20H24ClFN4/c1-25(2)19-23-11-15-6-8-20(18(15)24-19)7-3-9-26(13-20)12-14-4-5-17(22)16(21)10-14/h4-5,10-11H,3,6-9,12-13H2,1-2H3. The number of rotatable bonds is 3. The summed E-state index contributed by atoms with van der Waals surface area (Å²) in [7, 11) is 3.96. The molecule has 0 amide bonds. The fraction of sp³-hybridized carbons (Fsp3) is 0.500. The Morgan fingerprint density at radius 2 is 2.15 bits per heavy atom. The summed E-state index contributed by atoms with van der Waals surface area (Å²) >= 11 is 5.95. The van der Waals surface area contributed by atoms with Crippen molar-refractivity contribution in [2.45, 2.75) is 37.6 Å². The molecule has 1 spiro atoms. The first-order valence-corrected chi connectivity index (χ1v) is 9.55. The Kier molecular flexibility index (Phi) is 4.61. The van der Waals surface area contributed by atoms with Crippen molar-refractivity contribution in [1.29, 1.82) is 0 Å². The molecule has 1 unspecified atom stereocenters. The summed E-state index contributed by atoms with van der Waals surface area (Å²) in [5, 5.41) is 0.198. The summed E-state index contributed by atoms with van der Waals surface area (Å²) in [5.74, 6) is 0.427. The lowest BCUT2D eigenvalue weighted by atomic mass is 9.77. The van der Waals surface area contributed by atoms with E-state index in [0.717, 1.165) is 50.4 Å². The van der Waals surface area contributed by atoms with Crippen LogP contribution in [0.2, 0.25) is 5.02 Å². The van der Waals surface area contributed by atoms with Crippen molar-refractivity contribution in [3.05, 3.63) is 52.1 Å². The molecular formula is C20H24ClFN4. The van der Waals surface area contributed by atoms with Crippen LogP contribution in [0.4, 0.5) is 10.3 Å². The average Bonchev–Trinajstić information content (AvgIpc) is 2.96. The van der Waals surface area contributed by atoms with Gasteiger partial charge in [-0.3, -0.25) is 4.90 Å². The Morgan fingerprint density at radius 3 is 2.92 bits per heavy atom. The van der Waals surface area contributed by atoms with Crippen LogP contribution in [0.5, 0.6) is 0 Å². The average molecular weight is 375 g/mol. The highest BCUT2D eigenvalue weighted by Crippen LogP contribution is 2.44. The van der Waals surface area contributed by atoms with Gasteiger partial charge in [0.2, 0.25) is 5.95 Å². The lowest BCUT2D eigenvalue weighted by Crippen LogP contribution is -2.45. The lowest BCUT2D eigenvalue weighted by Gasteiger charge is -2.40. The number of halogens is 2. The molecule has 1 fully saturated rings. The molecule has 1 aliphatic carbocycles. The number of aryl methyl sites for hydroxylation is 1. The molecule has 0 radical (unpaired) electrons. The molecule has 6 heteroatoms. The maximum atomic E-state index is 13.4. The zero-order valence-corrected chi connectivity index (χ0v) is 16.1. The minimum Gasteiger partial charge on any atom is -0.347 e. The molecular weight excluding hydrogens is 351 g/mol. The van der Waals surface area contributed by atoms with Crippen molar-refractivity contribution in [2.75, 3.05) is 32.1 Å². The van der Waals surface area contributed by atoms with Crippen molar-refractivity contribution in [2.24, 2.45) is 0 Å². The summed E-state index contributed by atoms with van der Waals surface area (Å²) in [6.07, 6.45) is 6.51. The summed E-state index contributed by atoms with van der Waals surface area (Å²) in [6.45, 7) is 2.83. The SMILES string of the molecule is CN(C)c1ncc2c(n1)C1(CCCN(Cc3ccc(F)c(Cl)c3)C1)CC2. The van der Waals surface area contributed by atoms with E-state index in [9.17, 15) is 4.39 Å². The van der Waals surface area contributed by atoms with Gasteiger partial charge >= 0.3 is 0 Å². The number of nitrogens with zero attached hydrogens (tertiary/aromatic N) is 4. The second-order valence-electron chi connectivity index (χ2n) is 7.78. The molecule has 0 N–H and O–H groups in total. The monoisotopic (exact) mass is 374 g/mol. The fourth-order valence-corrected chi connectivity index (χ4v) is 4.61. The first-order valence-electron chi connectivity index (χ1n) is 9.17. The number of hydrogen-bond acceptors (Lipinski definition) is 4. The summed E-state index contributed by atoms with van der Waals surface area (Å²) in [4.78, 5) is 13.8. The Labute approximate surface area is 159 Å². The van der Waals surface area contributed by atoms with Gasteiger partial charge in [-0.25, -0.2) is 14.4 Å². The summed E-state index contributed by atoms with van der Waals surface area (Å²) < 4.78 is 13.4. The maximum Gasteiger partial charge on any atom is 0.225 e. The molecule has 0 saturated carbocycles. The number of piperidine rings is 1. The van der Waals surface area contributed by atoms with E-state index in [-0.39, 0.29) is 16.3 Å². The van der Waals surface area contributed by atoms with E-state index in [1.54, 1.807) is 6.07 Å². The second-order valence-corrected chi connectivity index (χ2v) is 8.19. The first-order chi connectivity index (χ1) is 12.5. The van der Waals surface area contributed by atoms with Crippen LogP contribution >= 0.6 is 11.6 Å². The predicted octanol–water partition coefficient (Wildman–Crippen LogP) is 3.82. The van der Waals surface area contributed by atoms with Gasteiger partial charge < -0.3 is 4.90 Å². The molecule has 1 aromatic heterocycles. The number of hydrogen-bond donors (Lipinski definition) is 0. The van der Waals surface area contributed by atoms with Crippen molar-refractivity contribution in [3.8, 4) is 0 Å². The molecule has 2 aromatic rings. The molecule has 2 heterocycles. The normalized spacial score (nSPS) is 22.6. The topological polar surface area (TPSA) is 32.3 Å². The summed E-state index contributed by atoms with van der Waals surface area (Å²) in [6, 6.07) is 5.03. The van der Waals surface area contributed by atoms with Crippen LogP contribution < -0.4 is 4.90 Å². The Bertz CT molecular complexity index is 821. The van der Waals surface area contributed by atoms with E-state index in [0.29, 0.717) is 0 Å². The third kappa shape index (κ3) is 3.19. The van der Waals surface area contributed by atoms with E-state index in [2.05, 4.69) is 9.88 Å². The van der Waals surface area contributed by atoms with E-state index < -0.39 is 0 Å². The molecule has 1 atom stereocenters. The van der Waals surface area contributed by atoms with Gasteiger partial charge in [0.1, 0.15) is 5.82 Å². The molecule has 26 heavy (non-hydrogen) atoms. The van der Waals surface area contributed by atoms with Gasteiger partial charge in [-0.05, 0) is 55.5 Å². The van der Waals surface area contributed by atoms with Crippen LogP contribution in [0.3, 0.4) is 0 Å². The van der Waals surface area contributed by atoms with Gasteiger partial charge in [0.25, 0.3) is 0 Å². The van der Waals surface area contributed by atoms with Gasteiger partial charge in [-0.15, -0.1) is 0 Å². The number of fused-ring (bicyclic) bond motifs is 2. The van der Waals surface area contributed by atoms with Crippen LogP contribution in [0.15, 0.2) is 24.4 Å². The maximum absolute atomic E-state index is 13.4. The van der Waals surface area contributed by atoms with Gasteiger partial charge in [0, 0.05) is 38.8 Å². The number of likely N-dealkylation sites (tertiary alicyclic amines) is 1. The van der Waals surface area contributed by atoms with Crippen molar-refractivity contribution in [1.82, 2.24) is 14.9 Å². The van der Waals surface area contributed by atoms with Crippen LogP contribution in [0.25, 0.3) is 0 Å². The Balaban J connectivity index is 1.58. The smallest absolute Gasteiger partial charge is 0.225 e. The molecule has 1 saturated heterocycles. The minimum absolute atomic E-state index is 0.116. The summed E-state index contributed by atoms with van der Waals surface area (Å²) in [5.41, 5.74) is 3.70. The van der Waals surface area contributed by atoms with Crippen molar-refractivity contribution in [3.63, 3.8) is 0 Å². The molecule has 4 rings (SSSR count). The quantitative estimate of drug-likeness (QED) is 0.817. The van der Waals surface area contributed by atoms with E-state index in [1.807, 2.05) is 31.3 Å². The van der Waals surface area contributed by atoms with E-state index >= 15 is 0 Å². The number of benzene rings is 1. The molecule has 0 bridgehead atoms. The molecule has 2 aliphatic rings. The van der Waals surface area contributed by atoms with Crippen LogP contribution in [0, 0.1) is 5.82 Å². The molecule has 1 aromatic carbocycles. The molecule has 4 nitrogen and oxygen atoms in total. The Morgan fingerprint density at radius 1 is 1.31 bits per heavy atom. The van der Waals surface area contributed by atoms with E-state index in [1.165, 1.54) is 23.7 Å². The molecule has 138 valence electrons. The largest absolute Gasteiger partial charge is 0.347 e. The second kappa shape index (κ2) is 6.78. The van der Waals surface area contributed by atoms with E-state index in [4.69, 9.17) is 16.6 Å². The zero-order chi connectivity index (χ0) is 18.3. The van der Waals surface area contributed by atoms with Crippen LogP contribution in [0.1, 0.15) is 36.1 Å². The minimum atomic E-state index is -0.358. The fourth-order valence-electron chi connectivity index (χ4n) is 4.40.